The molecule has 0 saturated carbocycles. The SMILES string of the molecule is CCCCS(=O)(=O)N(C)Cc1cccc(C#CCN)c1. The predicted octanol–water partition coefficient (Wildman–Crippen LogP) is 1.56. The van der Waals surface area contributed by atoms with Crippen LogP contribution in [0.2, 0.25) is 0 Å². The van der Waals surface area contributed by atoms with Gasteiger partial charge >= 0.3 is 0 Å². The van der Waals surface area contributed by atoms with Crippen LogP contribution in [-0.4, -0.2) is 32.1 Å². The number of benzene rings is 1. The van der Waals surface area contributed by atoms with Crippen LogP contribution < -0.4 is 5.73 Å². The molecule has 0 fully saturated rings. The number of hydrogen-bond acceptors (Lipinski definition) is 3. The minimum atomic E-state index is -3.17. The van der Waals surface area contributed by atoms with E-state index in [0.29, 0.717) is 19.5 Å². The minimum absolute atomic E-state index is 0.201. The van der Waals surface area contributed by atoms with Gasteiger partial charge in [-0.15, -0.1) is 0 Å². The Balaban J connectivity index is 2.77. The first kappa shape index (κ1) is 16.7. The van der Waals surface area contributed by atoms with Gasteiger partial charge in [-0.3, -0.25) is 0 Å². The second kappa shape index (κ2) is 8.05. The van der Waals surface area contributed by atoms with Crippen LogP contribution in [0.5, 0.6) is 0 Å². The average Bonchev–Trinajstić information content (AvgIpc) is 2.43. The number of nitrogens with zero attached hydrogens (tertiary/aromatic N) is 1. The zero-order chi connectivity index (χ0) is 15.0. The van der Waals surface area contributed by atoms with Gasteiger partial charge in [-0.05, 0) is 24.1 Å². The summed E-state index contributed by atoms with van der Waals surface area (Å²) in [6.07, 6.45) is 1.56. The number of sulfonamides is 1. The lowest BCUT2D eigenvalue weighted by molar-refractivity contribution is 0.465. The molecule has 0 saturated heterocycles. The van der Waals surface area contributed by atoms with Gasteiger partial charge in [0.05, 0.1) is 12.3 Å². The molecule has 1 aromatic rings. The van der Waals surface area contributed by atoms with Crippen LogP contribution in [0.4, 0.5) is 0 Å². The molecule has 0 radical (unpaired) electrons. The third-order valence-electron chi connectivity index (χ3n) is 2.90. The first-order valence-corrected chi connectivity index (χ1v) is 8.32. The number of hydrogen-bond donors (Lipinski definition) is 1. The van der Waals surface area contributed by atoms with Gasteiger partial charge in [0, 0.05) is 19.2 Å². The second-order valence-corrected chi connectivity index (χ2v) is 6.83. The molecule has 0 aromatic heterocycles. The highest BCUT2D eigenvalue weighted by Crippen LogP contribution is 2.11. The van der Waals surface area contributed by atoms with Crippen LogP contribution in [-0.2, 0) is 16.6 Å². The normalized spacial score (nSPS) is 11.2. The van der Waals surface area contributed by atoms with Gasteiger partial charge in [-0.1, -0.05) is 37.3 Å². The van der Waals surface area contributed by atoms with Gasteiger partial charge in [0.1, 0.15) is 0 Å². The van der Waals surface area contributed by atoms with E-state index in [1.54, 1.807) is 7.05 Å². The van der Waals surface area contributed by atoms with Gasteiger partial charge in [0.2, 0.25) is 10.0 Å². The Hall–Kier alpha value is -1.35. The van der Waals surface area contributed by atoms with Crippen LogP contribution in [0, 0.1) is 11.8 Å². The predicted molar refractivity (Wildman–Crippen MR) is 82.5 cm³/mol. The summed E-state index contributed by atoms with van der Waals surface area (Å²) < 4.78 is 25.5. The van der Waals surface area contributed by atoms with Crippen molar-refractivity contribution >= 4 is 10.0 Å². The number of rotatable bonds is 6. The van der Waals surface area contributed by atoms with Crippen molar-refractivity contribution in [2.24, 2.45) is 5.73 Å². The molecule has 20 heavy (non-hydrogen) atoms. The quantitative estimate of drug-likeness (QED) is 0.810. The minimum Gasteiger partial charge on any atom is -0.320 e. The zero-order valence-corrected chi connectivity index (χ0v) is 12.9. The third-order valence-corrected chi connectivity index (χ3v) is 4.78. The fourth-order valence-electron chi connectivity index (χ4n) is 1.74. The molecule has 0 amide bonds. The maximum absolute atomic E-state index is 12.0. The van der Waals surface area contributed by atoms with Gasteiger partial charge in [-0.2, -0.15) is 0 Å². The second-order valence-electron chi connectivity index (χ2n) is 4.63. The van der Waals surface area contributed by atoms with Crippen molar-refractivity contribution < 1.29 is 8.42 Å². The summed E-state index contributed by atoms with van der Waals surface area (Å²) in [5.41, 5.74) is 7.12. The van der Waals surface area contributed by atoms with Crippen LogP contribution in [0.1, 0.15) is 30.9 Å². The molecule has 1 rings (SSSR count). The molecule has 4 nitrogen and oxygen atoms in total. The molecule has 0 bridgehead atoms. The van der Waals surface area contributed by atoms with E-state index < -0.39 is 10.0 Å². The maximum Gasteiger partial charge on any atom is 0.214 e. The molecular formula is C15H22N2O2S. The van der Waals surface area contributed by atoms with Gasteiger partial charge in [0.15, 0.2) is 0 Å². The lowest BCUT2D eigenvalue weighted by Crippen LogP contribution is -2.28. The van der Waals surface area contributed by atoms with E-state index in [1.807, 2.05) is 31.2 Å². The highest BCUT2D eigenvalue weighted by molar-refractivity contribution is 7.89. The number of nitrogens with two attached hydrogens (primary N) is 1. The first-order valence-electron chi connectivity index (χ1n) is 6.71. The summed E-state index contributed by atoms with van der Waals surface area (Å²) in [7, 11) is -1.56. The fraction of sp³-hybridized carbons (Fsp3) is 0.467. The standard InChI is InChI=1S/C15H22N2O2S/c1-3-4-11-20(18,19)17(2)13-15-8-5-7-14(12-15)9-6-10-16/h5,7-8,12H,3-4,10-11,13,16H2,1-2H3. The molecule has 0 aliphatic carbocycles. The van der Waals surface area contributed by atoms with Gasteiger partial charge in [0.25, 0.3) is 0 Å². The fourth-order valence-corrected chi connectivity index (χ4v) is 3.05. The Kier molecular flexibility index (Phi) is 6.73. The molecular weight excluding hydrogens is 272 g/mol. The Labute approximate surface area is 122 Å². The Morgan fingerprint density at radius 3 is 2.75 bits per heavy atom. The van der Waals surface area contributed by atoms with Crippen molar-refractivity contribution in [3.05, 3.63) is 35.4 Å². The maximum atomic E-state index is 12.0. The molecule has 0 atom stereocenters. The summed E-state index contributed by atoms with van der Waals surface area (Å²) >= 11 is 0. The zero-order valence-electron chi connectivity index (χ0n) is 12.1. The van der Waals surface area contributed by atoms with Gasteiger partial charge in [-0.25, -0.2) is 12.7 Å². The Morgan fingerprint density at radius 1 is 1.35 bits per heavy atom. The lowest BCUT2D eigenvalue weighted by atomic mass is 10.1. The largest absolute Gasteiger partial charge is 0.320 e. The molecule has 0 aliphatic rings. The molecule has 110 valence electrons. The molecule has 1 aromatic carbocycles. The van der Waals surface area contributed by atoms with E-state index in [0.717, 1.165) is 17.5 Å². The summed E-state index contributed by atoms with van der Waals surface area (Å²) in [6.45, 7) is 2.66. The summed E-state index contributed by atoms with van der Waals surface area (Å²) in [5, 5.41) is 0. The molecule has 0 spiro atoms. The monoisotopic (exact) mass is 294 g/mol. The van der Waals surface area contributed by atoms with E-state index in [1.165, 1.54) is 4.31 Å². The van der Waals surface area contributed by atoms with E-state index in [9.17, 15) is 8.42 Å². The highest BCUT2D eigenvalue weighted by atomic mass is 32.2. The highest BCUT2D eigenvalue weighted by Gasteiger charge is 2.17. The smallest absolute Gasteiger partial charge is 0.214 e. The van der Waals surface area contributed by atoms with Crippen molar-refractivity contribution in [1.29, 1.82) is 0 Å². The Morgan fingerprint density at radius 2 is 2.10 bits per heavy atom. The van der Waals surface area contributed by atoms with Crippen LogP contribution in [0.25, 0.3) is 0 Å². The Bertz CT molecular complexity index is 585. The molecule has 2 N–H and O–H groups in total. The lowest BCUT2D eigenvalue weighted by Gasteiger charge is -2.17. The van der Waals surface area contributed by atoms with Crippen molar-refractivity contribution in [2.45, 2.75) is 26.3 Å². The van der Waals surface area contributed by atoms with E-state index >= 15 is 0 Å². The summed E-state index contributed by atoms with van der Waals surface area (Å²) in [4.78, 5) is 0. The molecule has 0 heterocycles. The van der Waals surface area contributed by atoms with Crippen LogP contribution >= 0.6 is 0 Å². The van der Waals surface area contributed by atoms with Crippen LogP contribution in [0.3, 0.4) is 0 Å². The molecule has 5 heteroatoms. The third kappa shape index (κ3) is 5.33. The topological polar surface area (TPSA) is 63.4 Å². The van der Waals surface area contributed by atoms with E-state index in [-0.39, 0.29) is 5.75 Å². The van der Waals surface area contributed by atoms with Gasteiger partial charge < -0.3 is 5.73 Å². The molecule has 0 aliphatic heterocycles. The molecule has 0 unspecified atom stereocenters. The van der Waals surface area contributed by atoms with E-state index in [4.69, 9.17) is 5.73 Å². The van der Waals surface area contributed by atoms with E-state index in [2.05, 4.69) is 11.8 Å². The van der Waals surface area contributed by atoms with Crippen molar-refractivity contribution in [2.75, 3.05) is 19.3 Å². The average molecular weight is 294 g/mol. The summed E-state index contributed by atoms with van der Waals surface area (Å²) in [6, 6.07) is 7.56. The summed E-state index contributed by atoms with van der Waals surface area (Å²) in [5.74, 6) is 5.94. The van der Waals surface area contributed by atoms with Crippen molar-refractivity contribution in [1.82, 2.24) is 4.31 Å². The van der Waals surface area contributed by atoms with Crippen LogP contribution in [0.15, 0.2) is 24.3 Å². The number of unbranched alkanes of at least 4 members (excludes halogenated alkanes) is 1. The van der Waals surface area contributed by atoms with Crippen molar-refractivity contribution in [3.8, 4) is 11.8 Å². The first-order chi connectivity index (χ1) is 9.49. The van der Waals surface area contributed by atoms with Crippen molar-refractivity contribution in [3.63, 3.8) is 0 Å².